The fourth-order valence-electron chi connectivity index (χ4n) is 4.23. The number of hydrogen-bond donors (Lipinski definition) is 3. The quantitative estimate of drug-likeness (QED) is 0.269. The summed E-state index contributed by atoms with van der Waals surface area (Å²) in [6.07, 6.45) is 2.48. The molecule has 0 aliphatic heterocycles. The largest absolute Gasteiger partial charge is 0.504 e. The first-order chi connectivity index (χ1) is 17.6. The maximum Gasteiger partial charge on any atom is 0.302 e. The number of carbonyl (C=O) groups is 2. The molecule has 0 unspecified atom stereocenters. The SMILES string of the molecule is COc1cc([C@H](CCC(C)C)CC(=O)C[C@@H](CCc2ccc(O)c(OCCO)c2)OC(C)=O)ccc1O. The number of benzene rings is 2. The summed E-state index contributed by atoms with van der Waals surface area (Å²) in [4.78, 5) is 24.9. The van der Waals surface area contributed by atoms with Gasteiger partial charge < -0.3 is 29.5 Å². The third kappa shape index (κ3) is 10.3. The Balaban J connectivity index is 2.10. The van der Waals surface area contributed by atoms with Gasteiger partial charge in [-0.05, 0) is 66.5 Å². The average molecular weight is 517 g/mol. The van der Waals surface area contributed by atoms with Crippen molar-refractivity contribution in [1.82, 2.24) is 0 Å². The zero-order valence-electron chi connectivity index (χ0n) is 22.2. The van der Waals surface area contributed by atoms with E-state index in [-0.39, 0.29) is 55.0 Å². The predicted octanol–water partition coefficient (Wildman–Crippen LogP) is 4.91. The Hall–Kier alpha value is -3.26. The number of phenols is 2. The summed E-state index contributed by atoms with van der Waals surface area (Å²) >= 11 is 0. The molecule has 0 amide bonds. The second-order valence-electron chi connectivity index (χ2n) is 9.69. The highest BCUT2D eigenvalue weighted by Crippen LogP contribution is 2.34. The highest BCUT2D eigenvalue weighted by atomic mass is 16.5. The minimum atomic E-state index is -0.583. The van der Waals surface area contributed by atoms with Crippen LogP contribution in [0.2, 0.25) is 0 Å². The van der Waals surface area contributed by atoms with E-state index in [0.717, 1.165) is 24.0 Å². The number of phenolic OH excluding ortho intramolecular Hbond substituents is 2. The van der Waals surface area contributed by atoms with Gasteiger partial charge in [-0.3, -0.25) is 9.59 Å². The maximum atomic E-state index is 13.2. The first kappa shape index (κ1) is 30.0. The molecule has 2 rings (SSSR count). The van der Waals surface area contributed by atoms with E-state index in [2.05, 4.69) is 13.8 Å². The van der Waals surface area contributed by atoms with Crippen molar-refractivity contribution >= 4 is 11.8 Å². The van der Waals surface area contributed by atoms with Crippen LogP contribution in [-0.4, -0.2) is 53.5 Å². The zero-order chi connectivity index (χ0) is 27.4. The molecule has 2 aromatic rings. The number of aromatic hydroxyl groups is 2. The third-order valence-electron chi connectivity index (χ3n) is 6.16. The van der Waals surface area contributed by atoms with Crippen LogP contribution in [0.4, 0.5) is 0 Å². The van der Waals surface area contributed by atoms with Crippen molar-refractivity contribution in [2.45, 2.75) is 71.3 Å². The van der Waals surface area contributed by atoms with E-state index in [4.69, 9.17) is 19.3 Å². The van der Waals surface area contributed by atoms with Crippen LogP contribution in [0.3, 0.4) is 0 Å². The van der Waals surface area contributed by atoms with E-state index in [1.54, 1.807) is 24.3 Å². The fourth-order valence-corrected chi connectivity index (χ4v) is 4.23. The van der Waals surface area contributed by atoms with Gasteiger partial charge in [0.25, 0.3) is 0 Å². The Bertz CT molecular complexity index is 1020. The molecule has 2 atom stereocenters. The van der Waals surface area contributed by atoms with Crippen molar-refractivity contribution in [3.63, 3.8) is 0 Å². The Labute approximate surface area is 219 Å². The van der Waals surface area contributed by atoms with Gasteiger partial charge in [-0.25, -0.2) is 0 Å². The number of methoxy groups -OCH3 is 1. The van der Waals surface area contributed by atoms with Crippen LogP contribution in [0.5, 0.6) is 23.0 Å². The Morgan fingerprint density at radius 3 is 2.27 bits per heavy atom. The van der Waals surface area contributed by atoms with E-state index < -0.39 is 12.1 Å². The van der Waals surface area contributed by atoms with Crippen LogP contribution in [0.25, 0.3) is 0 Å². The molecule has 0 radical (unpaired) electrons. The maximum absolute atomic E-state index is 13.2. The van der Waals surface area contributed by atoms with Gasteiger partial charge in [-0.1, -0.05) is 32.4 Å². The van der Waals surface area contributed by atoms with E-state index in [1.165, 1.54) is 20.1 Å². The van der Waals surface area contributed by atoms with Gasteiger partial charge >= 0.3 is 5.97 Å². The number of aliphatic hydroxyl groups excluding tert-OH is 1. The molecule has 0 fully saturated rings. The molecule has 8 nitrogen and oxygen atoms in total. The lowest BCUT2D eigenvalue weighted by atomic mass is 9.86. The van der Waals surface area contributed by atoms with Crippen molar-refractivity contribution in [3.8, 4) is 23.0 Å². The van der Waals surface area contributed by atoms with Crippen LogP contribution in [0.1, 0.15) is 69.9 Å². The number of aryl methyl sites for hydroxylation is 1. The molecular formula is C29H40O8. The Morgan fingerprint density at radius 2 is 1.62 bits per heavy atom. The highest BCUT2D eigenvalue weighted by molar-refractivity contribution is 5.80. The van der Waals surface area contributed by atoms with Crippen molar-refractivity contribution in [2.24, 2.45) is 5.92 Å². The van der Waals surface area contributed by atoms with E-state index in [0.29, 0.717) is 24.5 Å². The number of carbonyl (C=O) groups excluding carboxylic acids is 2. The van der Waals surface area contributed by atoms with E-state index in [1.807, 2.05) is 6.07 Å². The molecule has 8 heteroatoms. The van der Waals surface area contributed by atoms with Gasteiger partial charge in [0.1, 0.15) is 18.5 Å². The van der Waals surface area contributed by atoms with Crippen molar-refractivity contribution in [1.29, 1.82) is 0 Å². The Kier molecular flexibility index (Phi) is 12.2. The number of aliphatic hydroxyl groups is 1. The normalized spacial score (nSPS) is 12.7. The summed E-state index contributed by atoms with van der Waals surface area (Å²) in [6, 6.07) is 10.1. The lowest BCUT2D eigenvalue weighted by Gasteiger charge is -2.21. The molecule has 0 bridgehead atoms. The van der Waals surface area contributed by atoms with Crippen LogP contribution >= 0.6 is 0 Å². The second kappa shape index (κ2) is 15.1. The minimum absolute atomic E-state index is 0.00952. The lowest BCUT2D eigenvalue weighted by molar-refractivity contribution is -0.147. The van der Waals surface area contributed by atoms with Gasteiger partial charge in [-0.2, -0.15) is 0 Å². The lowest BCUT2D eigenvalue weighted by Crippen LogP contribution is -2.22. The van der Waals surface area contributed by atoms with Crippen LogP contribution in [0.15, 0.2) is 36.4 Å². The minimum Gasteiger partial charge on any atom is -0.504 e. The number of ether oxygens (including phenoxy) is 3. The molecule has 3 N–H and O–H groups in total. The first-order valence-electron chi connectivity index (χ1n) is 12.7. The molecule has 0 saturated heterocycles. The predicted molar refractivity (Wildman–Crippen MR) is 140 cm³/mol. The average Bonchev–Trinajstić information content (AvgIpc) is 2.85. The zero-order valence-corrected chi connectivity index (χ0v) is 22.2. The van der Waals surface area contributed by atoms with Gasteiger partial charge in [0, 0.05) is 19.8 Å². The van der Waals surface area contributed by atoms with Crippen molar-refractivity contribution in [2.75, 3.05) is 20.3 Å². The van der Waals surface area contributed by atoms with Gasteiger partial charge in [0.05, 0.1) is 13.7 Å². The van der Waals surface area contributed by atoms with Crippen LogP contribution in [-0.2, 0) is 20.7 Å². The summed E-state index contributed by atoms with van der Waals surface area (Å²) in [5, 5.41) is 28.9. The molecule has 0 spiro atoms. The summed E-state index contributed by atoms with van der Waals surface area (Å²) in [5.74, 6) is 0.626. The molecule has 0 aliphatic rings. The molecular weight excluding hydrogens is 476 g/mol. The molecule has 0 aliphatic carbocycles. The monoisotopic (exact) mass is 516 g/mol. The highest BCUT2D eigenvalue weighted by Gasteiger charge is 2.23. The van der Waals surface area contributed by atoms with E-state index >= 15 is 0 Å². The number of hydrogen-bond acceptors (Lipinski definition) is 8. The number of ketones is 1. The molecule has 0 heterocycles. The summed E-state index contributed by atoms with van der Waals surface area (Å²) in [7, 11) is 1.49. The number of Topliss-reactive ketones (excluding diaryl/α,β-unsaturated/α-hetero) is 1. The van der Waals surface area contributed by atoms with Crippen molar-refractivity contribution < 1.29 is 39.1 Å². The van der Waals surface area contributed by atoms with E-state index in [9.17, 15) is 19.8 Å². The number of rotatable bonds is 16. The van der Waals surface area contributed by atoms with Crippen LogP contribution < -0.4 is 9.47 Å². The molecule has 0 saturated carbocycles. The molecule has 204 valence electrons. The molecule has 0 aromatic heterocycles. The summed E-state index contributed by atoms with van der Waals surface area (Å²) in [6.45, 7) is 5.49. The summed E-state index contributed by atoms with van der Waals surface area (Å²) in [5.41, 5.74) is 1.77. The third-order valence-corrected chi connectivity index (χ3v) is 6.16. The number of esters is 1. The fraction of sp³-hybridized carbons (Fsp3) is 0.517. The van der Waals surface area contributed by atoms with Gasteiger partial charge in [0.15, 0.2) is 23.0 Å². The topological polar surface area (TPSA) is 123 Å². The van der Waals surface area contributed by atoms with Gasteiger partial charge in [0.2, 0.25) is 0 Å². The smallest absolute Gasteiger partial charge is 0.302 e. The Morgan fingerprint density at radius 1 is 0.919 bits per heavy atom. The second-order valence-corrected chi connectivity index (χ2v) is 9.69. The molecule has 2 aromatic carbocycles. The van der Waals surface area contributed by atoms with Gasteiger partial charge in [-0.15, -0.1) is 0 Å². The molecule has 37 heavy (non-hydrogen) atoms. The first-order valence-corrected chi connectivity index (χ1v) is 12.7. The standard InChI is InChI=1S/C29H40O8/c1-19(2)5-8-22(23-9-12-26(33)28(17-23)35-4)16-24(32)18-25(37-20(3)31)10-6-21-7-11-27(34)29(15-21)36-14-13-30/h7,9,11-12,15,17,19,22,25,30,33-34H,5-6,8,10,13-14,16,18H2,1-4H3/t22-,25-/m1/s1. The summed E-state index contributed by atoms with van der Waals surface area (Å²) < 4.78 is 16.1. The van der Waals surface area contributed by atoms with Crippen molar-refractivity contribution in [3.05, 3.63) is 47.5 Å². The van der Waals surface area contributed by atoms with Crippen LogP contribution in [0, 0.1) is 5.92 Å².